The van der Waals surface area contributed by atoms with Gasteiger partial charge in [0.15, 0.2) is 10.3 Å². The molecule has 19 heavy (non-hydrogen) atoms. The van der Waals surface area contributed by atoms with Gasteiger partial charge >= 0.3 is 0 Å². The first kappa shape index (κ1) is 14.0. The van der Waals surface area contributed by atoms with Gasteiger partial charge in [0.05, 0.1) is 5.25 Å². The van der Waals surface area contributed by atoms with E-state index in [0.717, 1.165) is 5.69 Å². The minimum atomic E-state index is -0.217. The van der Waals surface area contributed by atoms with Gasteiger partial charge in [-0.25, -0.2) is 15.0 Å². The lowest BCUT2D eigenvalue weighted by Crippen LogP contribution is -2.24. The number of carbonyl (C=O) groups is 1. The molecule has 0 saturated heterocycles. The number of aryl methyl sites for hydroxylation is 1. The zero-order valence-electron chi connectivity index (χ0n) is 10.7. The average Bonchev–Trinajstić information content (AvgIpc) is 2.88. The van der Waals surface area contributed by atoms with E-state index in [2.05, 4.69) is 20.3 Å². The van der Waals surface area contributed by atoms with Gasteiger partial charge in [-0.15, -0.1) is 11.3 Å². The minimum Gasteiger partial charge on any atom is -0.301 e. The van der Waals surface area contributed by atoms with Gasteiger partial charge in [0, 0.05) is 23.5 Å². The average molecular weight is 294 g/mol. The Morgan fingerprint density at radius 1 is 1.47 bits per heavy atom. The number of rotatable bonds is 5. The van der Waals surface area contributed by atoms with Crippen molar-refractivity contribution < 1.29 is 4.79 Å². The minimum absolute atomic E-state index is 0.0624. The summed E-state index contributed by atoms with van der Waals surface area (Å²) in [5.74, 6) is -0.0624. The SMILES string of the molecule is CC[C@H](Sc1nccc(C)n1)C(=O)Nc1nccs1. The highest BCUT2D eigenvalue weighted by molar-refractivity contribution is 8.00. The van der Waals surface area contributed by atoms with E-state index in [1.165, 1.54) is 23.1 Å². The largest absolute Gasteiger partial charge is 0.301 e. The number of aromatic nitrogens is 3. The molecular formula is C12H14N4OS2. The summed E-state index contributed by atoms with van der Waals surface area (Å²) in [6, 6.07) is 1.83. The summed E-state index contributed by atoms with van der Waals surface area (Å²) in [6.07, 6.45) is 4.08. The Balaban J connectivity index is 2.01. The van der Waals surface area contributed by atoms with Crippen LogP contribution >= 0.6 is 23.1 Å². The number of thiazole rings is 1. The summed E-state index contributed by atoms with van der Waals surface area (Å²) in [5.41, 5.74) is 0.896. The molecule has 1 atom stereocenters. The van der Waals surface area contributed by atoms with E-state index in [-0.39, 0.29) is 11.2 Å². The zero-order valence-corrected chi connectivity index (χ0v) is 12.3. The van der Waals surface area contributed by atoms with E-state index in [0.29, 0.717) is 16.7 Å². The Morgan fingerprint density at radius 2 is 2.32 bits per heavy atom. The van der Waals surface area contributed by atoms with Crippen LogP contribution in [0.5, 0.6) is 0 Å². The maximum atomic E-state index is 12.1. The second kappa shape index (κ2) is 6.63. The molecule has 2 rings (SSSR count). The van der Waals surface area contributed by atoms with Crippen molar-refractivity contribution in [2.45, 2.75) is 30.7 Å². The molecule has 1 N–H and O–H groups in total. The van der Waals surface area contributed by atoms with Gasteiger partial charge in [0.1, 0.15) is 0 Å². The summed E-state index contributed by atoms with van der Waals surface area (Å²) in [6.45, 7) is 3.87. The molecule has 0 radical (unpaired) electrons. The molecule has 0 aromatic carbocycles. The molecule has 0 aliphatic rings. The fourth-order valence-corrected chi connectivity index (χ4v) is 2.84. The Labute approximate surface area is 119 Å². The van der Waals surface area contributed by atoms with Gasteiger partial charge in [-0.3, -0.25) is 4.79 Å². The number of hydrogen-bond acceptors (Lipinski definition) is 6. The van der Waals surface area contributed by atoms with E-state index < -0.39 is 0 Å². The first-order valence-electron chi connectivity index (χ1n) is 5.85. The van der Waals surface area contributed by atoms with Crippen molar-refractivity contribution in [3.63, 3.8) is 0 Å². The van der Waals surface area contributed by atoms with Crippen molar-refractivity contribution in [2.24, 2.45) is 0 Å². The summed E-state index contributed by atoms with van der Waals surface area (Å²) in [5, 5.41) is 5.66. The van der Waals surface area contributed by atoms with Crippen molar-refractivity contribution in [3.05, 3.63) is 29.5 Å². The van der Waals surface area contributed by atoms with E-state index in [9.17, 15) is 4.79 Å². The number of hydrogen-bond donors (Lipinski definition) is 1. The highest BCUT2D eigenvalue weighted by atomic mass is 32.2. The van der Waals surface area contributed by atoms with Gasteiger partial charge in [-0.2, -0.15) is 0 Å². The quantitative estimate of drug-likeness (QED) is 0.678. The molecular weight excluding hydrogens is 280 g/mol. The molecule has 1 amide bonds. The van der Waals surface area contributed by atoms with Crippen molar-refractivity contribution in [1.82, 2.24) is 15.0 Å². The third kappa shape index (κ3) is 4.00. The van der Waals surface area contributed by atoms with Crippen molar-refractivity contribution in [2.75, 3.05) is 5.32 Å². The molecule has 2 heterocycles. The summed E-state index contributed by atoms with van der Waals surface area (Å²) >= 11 is 2.78. The van der Waals surface area contributed by atoms with Crippen LogP contribution in [0, 0.1) is 6.92 Å². The van der Waals surface area contributed by atoms with Crippen molar-refractivity contribution >= 4 is 34.1 Å². The number of nitrogens with one attached hydrogen (secondary N) is 1. The van der Waals surface area contributed by atoms with Crippen LogP contribution in [0.4, 0.5) is 5.13 Å². The van der Waals surface area contributed by atoms with Gasteiger partial charge in [-0.1, -0.05) is 18.7 Å². The molecule has 7 heteroatoms. The predicted octanol–water partition coefficient (Wildman–Crippen LogP) is 2.75. The molecule has 2 aromatic rings. The van der Waals surface area contributed by atoms with E-state index >= 15 is 0 Å². The number of anilines is 1. The summed E-state index contributed by atoms with van der Waals surface area (Å²) < 4.78 is 0. The maximum Gasteiger partial charge on any atom is 0.239 e. The van der Waals surface area contributed by atoms with Crippen LogP contribution in [-0.4, -0.2) is 26.1 Å². The maximum absolute atomic E-state index is 12.1. The molecule has 0 bridgehead atoms. The van der Waals surface area contributed by atoms with Crippen molar-refractivity contribution in [1.29, 1.82) is 0 Å². The normalized spacial score (nSPS) is 12.1. The van der Waals surface area contributed by atoms with Gasteiger partial charge < -0.3 is 5.32 Å². The lowest BCUT2D eigenvalue weighted by atomic mass is 10.3. The molecule has 0 aliphatic carbocycles. The van der Waals surface area contributed by atoms with Crippen LogP contribution in [0.25, 0.3) is 0 Å². The Hall–Kier alpha value is -1.47. The van der Waals surface area contributed by atoms with Gasteiger partial charge in [0.2, 0.25) is 5.91 Å². The van der Waals surface area contributed by atoms with Crippen LogP contribution in [0.2, 0.25) is 0 Å². The smallest absolute Gasteiger partial charge is 0.239 e. The molecule has 100 valence electrons. The molecule has 0 saturated carbocycles. The third-order valence-electron chi connectivity index (χ3n) is 2.35. The van der Waals surface area contributed by atoms with Crippen LogP contribution < -0.4 is 5.32 Å². The Morgan fingerprint density at radius 3 is 2.95 bits per heavy atom. The number of nitrogens with zero attached hydrogens (tertiary/aromatic N) is 3. The number of carbonyl (C=O) groups excluding carboxylic acids is 1. The Bertz CT molecular complexity index is 544. The second-order valence-electron chi connectivity index (χ2n) is 3.82. The topological polar surface area (TPSA) is 67.8 Å². The van der Waals surface area contributed by atoms with Gasteiger partial charge in [0.25, 0.3) is 0 Å². The molecule has 2 aromatic heterocycles. The standard InChI is InChI=1S/C12H14N4OS2/c1-3-9(10(17)16-11-14-6-7-18-11)19-12-13-5-4-8(2)15-12/h4-7,9H,3H2,1-2H3,(H,14,16,17)/t9-/m0/s1. The Kier molecular flexibility index (Phi) is 4.86. The van der Waals surface area contributed by atoms with Crippen molar-refractivity contribution in [3.8, 4) is 0 Å². The van der Waals surface area contributed by atoms with Gasteiger partial charge in [-0.05, 0) is 19.4 Å². The fourth-order valence-electron chi connectivity index (χ4n) is 1.40. The van der Waals surface area contributed by atoms with Crippen LogP contribution in [0.1, 0.15) is 19.0 Å². The first-order chi connectivity index (χ1) is 9.19. The molecule has 0 aliphatic heterocycles. The van der Waals surface area contributed by atoms with E-state index in [1.54, 1.807) is 12.4 Å². The lowest BCUT2D eigenvalue weighted by molar-refractivity contribution is -0.115. The second-order valence-corrected chi connectivity index (χ2v) is 5.89. The van der Waals surface area contributed by atoms with Crippen LogP contribution in [-0.2, 0) is 4.79 Å². The van der Waals surface area contributed by atoms with E-state index in [1.807, 2.05) is 25.3 Å². The molecule has 5 nitrogen and oxygen atoms in total. The molecule has 0 spiro atoms. The fraction of sp³-hybridized carbons (Fsp3) is 0.333. The number of amides is 1. The van der Waals surface area contributed by atoms with Crippen LogP contribution in [0.3, 0.4) is 0 Å². The highest BCUT2D eigenvalue weighted by Crippen LogP contribution is 2.23. The molecule has 0 fully saturated rings. The number of thioether (sulfide) groups is 1. The third-order valence-corrected chi connectivity index (χ3v) is 4.27. The first-order valence-corrected chi connectivity index (χ1v) is 7.61. The van der Waals surface area contributed by atoms with E-state index in [4.69, 9.17) is 0 Å². The molecule has 0 unspecified atom stereocenters. The predicted molar refractivity (Wildman–Crippen MR) is 77.4 cm³/mol. The van der Waals surface area contributed by atoms with Crippen LogP contribution in [0.15, 0.2) is 29.0 Å². The summed E-state index contributed by atoms with van der Waals surface area (Å²) in [7, 11) is 0. The summed E-state index contributed by atoms with van der Waals surface area (Å²) in [4.78, 5) is 24.6. The highest BCUT2D eigenvalue weighted by Gasteiger charge is 2.20. The zero-order chi connectivity index (χ0) is 13.7. The lowest BCUT2D eigenvalue weighted by Gasteiger charge is -2.12. The monoisotopic (exact) mass is 294 g/mol.